The molecular formula is C16H20Cl2N4S. The predicted molar refractivity (Wildman–Crippen MR) is 99.8 cm³/mol. The van der Waals surface area contributed by atoms with Gasteiger partial charge in [0, 0.05) is 11.9 Å². The van der Waals surface area contributed by atoms with E-state index in [1.54, 1.807) is 24.5 Å². The number of benzene rings is 1. The van der Waals surface area contributed by atoms with Crippen LogP contribution in [0.3, 0.4) is 0 Å². The summed E-state index contributed by atoms with van der Waals surface area (Å²) in [5.74, 6) is 0.717. The minimum atomic E-state index is 0.0516. The van der Waals surface area contributed by atoms with E-state index in [0.717, 1.165) is 16.3 Å². The van der Waals surface area contributed by atoms with E-state index in [-0.39, 0.29) is 6.04 Å². The minimum absolute atomic E-state index is 0.0516. The van der Waals surface area contributed by atoms with Crippen LogP contribution in [0.25, 0.3) is 0 Å². The molecule has 23 heavy (non-hydrogen) atoms. The minimum Gasteiger partial charge on any atom is -0.350 e. The van der Waals surface area contributed by atoms with Crippen LogP contribution in [0.2, 0.25) is 10.0 Å². The lowest BCUT2D eigenvalue weighted by molar-refractivity contribution is 0.684. The van der Waals surface area contributed by atoms with E-state index in [9.17, 15) is 0 Å². The van der Waals surface area contributed by atoms with Crippen molar-refractivity contribution in [2.45, 2.75) is 33.4 Å². The lowest BCUT2D eigenvalue weighted by atomic mass is 10.1. The van der Waals surface area contributed by atoms with Gasteiger partial charge in [-0.3, -0.25) is 4.99 Å². The van der Waals surface area contributed by atoms with Gasteiger partial charge in [-0.15, -0.1) is 11.3 Å². The summed E-state index contributed by atoms with van der Waals surface area (Å²) in [5, 5.41) is 8.77. The van der Waals surface area contributed by atoms with E-state index < -0.39 is 0 Å². The first kappa shape index (κ1) is 18.0. The molecule has 1 aromatic heterocycles. The maximum absolute atomic E-state index is 6.07. The third kappa shape index (κ3) is 4.83. The summed E-state index contributed by atoms with van der Waals surface area (Å²) in [6, 6.07) is 5.67. The van der Waals surface area contributed by atoms with E-state index in [1.807, 2.05) is 26.0 Å². The van der Waals surface area contributed by atoms with Gasteiger partial charge in [0.1, 0.15) is 5.01 Å². The molecule has 1 unspecified atom stereocenters. The SMILES string of the molecule is CN=C(NCc1nc(C)c(C)s1)NC(C)c1ccc(Cl)c(Cl)c1. The second kappa shape index (κ2) is 7.99. The zero-order valence-corrected chi connectivity index (χ0v) is 15.9. The molecule has 0 spiro atoms. The molecule has 2 N–H and O–H groups in total. The van der Waals surface area contributed by atoms with E-state index in [4.69, 9.17) is 23.2 Å². The zero-order valence-electron chi connectivity index (χ0n) is 13.6. The highest BCUT2D eigenvalue weighted by molar-refractivity contribution is 7.11. The van der Waals surface area contributed by atoms with Crippen molar-refractivity contribution < 1.29 is 0 Å². The van der Waals surface area contributed by atoms with Gasteiger partial charge in [-0.25, -0.2) is 4.98 Å². The normalized spacial score (nSPS) is 13.0. The first-order valence-electron chi connectivity index (χ1n) is 7.25. The summed E-state index contributed by atoms with van der Waals surface area (Å²) >= 11 is 13.7. The number of nitrogens with one attached hydrogen (secondary N) is 2. The van der Waals surface area contributed by atoms with Gasteiger partial charge in [-0.2, -0.15) is 0 Å². The molecule has 0 aliphatic heterocycles. The lowest BCUT2D eigenvalue weighted by Crippen LogP contribution is -2.38. The number of rotatable bonds is 4. The number of hydrogen-bond acceptors (Lipinski definition) is 3. The molecule has 1 heterocycles. The van der Waals surface area contributed by atoms with Crippen LogP contribution < -0.4 is 10.6 Å². The van der Waals surface area contributed by atoms with Crippen molar-refractivity contribution in [1.82, 2.24) is 15.6 Å². The predicted octanol–water partition coefficient (Wildman–Crippen LogP) is 4.49. The average molecular weight is 371 g/mol. The second-order valence-electron chi connectivity index (χ2n) is 5.21. The van der Waals surface area contributed by atoms with E-state index in [2.05, 4.69) is 27.5 Å². The van der Waals surface area contributed by atoms with Crippen LogP contribution in [0.5, 0.6) is 0 Å². The monoisotopic (exact) mass is 370 g/mol. The fourth-order valence-electron chi connectivity index (χ4n) is 2.04. The molecule has 1 aromatic carbocycles. The highest BCUT2D eigenvalue weighted by Gasteiger charge is 2.10. The molecule has 4 nitrogen and oxygen atoms in total. The summed E-state index contributed by atoms with van der Waals surface area (Å²) in [6.45, 7) is 6.79. The topological polar surface area (TPSA) is 49.3 Å². The van der Waals surface area contributed by atoms with Crippen molar-refractivity contribution in [3.8, 4) is 0 Å². The van der Waals surface area contributed by atoms with Gasteiger partial charge in [0.05, 0.1) is 28.3 Å². The Kier molecular flexibility index (Phi) is 6.27. The Labute approximate surface area is 151 Å². The highest BCUT2D eigenvalue weighted by Crippen LogP contribution is 2.25. The number of thiazole rings is 1. The van der Waals surface area contributed by atoms with Crippen molar-refractivity contribution in [1.29, 1.82) is 0 Å². The zero-order chi connectivity index (χ0) is 17.0. The fraction of sp³-hybridized carbons (Fsp3) is 0.375. The van der Waals surface area contributed by atoms with Crippen LogP contribution in [0.4, 0.5) is 0 Å². The molecule has 0 aliphatic rings. The molecule has 0 saturated heterocycles. The Balaban J connectivity index is 1.97. The molecule has 0 bridgehead atoms. The standard InChI is InChI=1S/C16H20Cl2N4S/c1-9-11(3)23-15(21-9)8-20-16(19-4)22-10(2)12-5-6-13(17)14(18)7-12/h5-7,10H,8H2,1-4H3,(H2,19,20,22). The van der Waals surface area contributed by atoms with Crippen molar-refractivity contribution in [2.24, 2.45) is 4.99 Å². The first-order valence-corrected chi connectivity index (χ1v) is 8.83. The lowest BCUT2D eigenvalue weighted by Gasteiger charge is -2.18. The maximum atomic E-state index is 6.07. The van der Waals surface area contributed by atoms with Crippen molar-refractivity contribution in [3.63, 3.8) is 0 Å². The number of hydrogen-bond donors (Lipinski definition) is 2. The van der Waals surface area contributed by atoms with Gasteiger partial charge in [-0.05, 0) is 38.5 Å². The van der Waals surface area contributed by atoms with Crippen molar-refractivity contribution in [3.05, 3.63) is 49.4 Å². The van der Waals surface area contributed by atoms with E-state index >= 15 is 0 Å². The molecule has 0 amide bonds. The fourth-order valence-corrected chi connectivity index (χ4v) is 3.22. The van der Waals surface area contributed by atoms with E-state index in [1.165, 1.54) is 4.88 Å². The molecule has 7 heteroatoms. The Hall–Kier alpha value is -1.30. The first-order chi connectivity index (χ1) is 10.9. The quantitative estimate of drug-likeness (QED) is 0.615. The summed E-state index contributed by atoms with van der Waals surface area (Å²) in [7, 11) is 1.75. The van der Waals surface area contributed by atoms with Gasteiger partial charge in [-0.1, -0.05) is 29.3 Å². The maximum Gasteiger partial charge on any atom is 0.191 e. The van der Waals surface area contributed by atoms with Crippen LogP contribution >= 0.6 is 34.5 Å². The summed E-state index contributed by atoms with van der Waals surface area (Å²) < 4.78 is 0. The Morgan fingerprint density at radius 2 is 2.04 bits per heavy atom. The number of aliphatic imine (C=N–C) groups is 1. The summed E-state index contributed by atoms with van der Waals surface area (Å²) in [6.07, 6.45) is 0. The Morgan fingerprint density at radius 1 is 1.30 bits per heavy atom. The second-order valence-corrected chi connectivity index (χ2v) is 7.32. The summed E-state index contributed by atoms with van der Waals surface area (Å²) in [5.41, 5.74) is 2.13. The largest absolute Gasteiger partial charge is 0.350 e. The molecule has 0 fully saturated rings. The van der Waals surface area contributed by atoms with Gasteiger partial charge in [0.15, 0.2) is 5.96 Å². The molecule has 0 radical (unpaired) electrons. The number of guanidine groups is 1. The molecular weight excluding hydrogens is 351 g/mol. The molecule has 1 atom stereocenters. The Morgan fingerprint density at radius 3 is 2.61 bits per heavy atom. The van der Waals surface area contributed by atoms with Crippen LogP contribution in [-0.4, -0.2) is 18.0 Å². The number of aryl methyl sites for hydroxylation is 2. The van der Waals surface area contributed by atoms with Gasteiger partial charge in [0.2, 0.25) is 0 Å². The smallest absolute Gasteiger partial charge is 0.191 e. The molecule has 124 valence electrons. The van der Waals surface area contributed by atoms with Crippen LogP contribution in [0.15, 0.2) is 23.2 Å². The Bertz CT molecular complexity index is 693. The van der Waals surface area contributed by atoms with Crippen LogP contribution in [0.1, 0.15) is 34.1 Å². The van der Waals surface area contributed by atoms with Crippen molar-refractivity contribution in [2.75, 3.05) is 7.05 Å². The molecule has 0 saturated carbocycles. The van der Waals surface area contributed by atoms with Crippen LogP contribution in [-0.2, 0) is 6.54 Å². The number of nitrogens with zero attached hydrogens (tertiary/aromatic N) is 2. The third-order valence-corrected chi connectivity index (χ3v) is 5.31. The highest BCUT2D eigenvalue weighted by atomic mass is 35.5. The van der Waals surface area contributed by atoms with Gasteiger partial charge in [0.25, 0.3) is 0 Å². The number of aromatic nitrogens is 1. The van der Waals surface area contributed by atoms with Gasteiger partial charge < -0.3 is 10.6 Å². The average Bonchev–Trinajstić information content (AvgIpc) is 2.84. The van der Waals surface area contributed by atoms with Crippen molar-refractivity contribution >= 4 is 40.5 Å². The molecule has 2 aromatic rings. The molecule has 0 aliphatic carbocycles. The van der Waals surface area contributed by atoms with Crippen LogP contribution in [0, 0.1) is 13.8 Å². The molecule has 2 rings (SSSR count). The van der Waals surface area contributed by atoms with E-state index in [0.29, 0.717) is 22.5 Å². The van der Waals surface area contributed by atoms with Gasteiger partial charge >= 0.3 is 0 Å². The third-order valence-electron chi connectivity index (χ3n) is 3.50. The number of halogens is 2. The summed E-state index contributed by atoms with van der Waals surface area (Å²) in [4.78, 5) is 10.0.